The molecule has 0 aliphatic rings. The van der Waals surface area contributed by atoms with E-state index in [1.807, 2.05) is 0 Å². The van der Waals surface area contributed by atoms with E-state index in [9.17, 15) is 8.42 Å². The summed E-state index contributed by atoms with van der Waals surface area (Å²) in [4.78, 5) is 0. The predicted octanol–water partition coefficient (Wildman–Crippen LogP) is 2.58. The number of sulfonamides is 1. The first-order valence-electron chi connectivity index (χ1n) is 5.14. The minimum atomic E-state index is -3.53. The first kappa shape index (κ1) is 16.2. The summed E-state index contributed by atoms with van der Waals surface area (Å²) in [5.41, 5.74) is 0.757. The van der Waals surface area contributed by atoms with Gasteiger partial charge in [0, 0.05) is 20.7 Å². The Kier molecular flexibility index (Phi) is 5.89. The molecule has 1 heterocycles. The van der Waals surface area contributed by atoms with Crippen molar-refractivity contribution in [2.45, 2.75) is 16.5 Å². The second kappa shape index (κ2) is 6.54. The number of halogens is 2. The topological polar surface area (TPSA) is 46.6 Å². The Morgan fingerprint density at radius 2 is 2.17 bits per heavy atom. The van der Waals surface area contributed by atoms with Crippen LogP contribution in [0.3, 0.4) is 0 Å². The summed E-state index contributed by atoms with van der Waals surface area (Å²) < 4.78 is 31.2. The summed E-state index contributed by atoms with van der Waals surface area (Å²) in [7, 11) is -0.517. The van der Waals surface area contributed by atoms with Gasteiger partial charge in [0.15, 0.2) is 0 Å². The Bertz CT molecular complexity index is 482. The first-order chi connectivity index (χ1) is 8.28. The van der Waals surface area contributed by atoms with Gasteiger partial charge >= 0.3 is 0 Å². The highest BCUT2D eigenvalue weighted by atomic mass is 35.5. The van der Waals surface area contributed by atoms with Crippen LogP contribution in [-0.4, -0.2) is 45.4 Å². The maximum absolute atomic E-state index is 12.2. The van der Waals surface area contributed by atoms with Crippen LogP contribution in [0.4, 0.5) is 0 Å². The van der Waals surface area contributed by atoms with Gasteiger partial charge in [-0.05, 0) is 18.6 Å². The van der Waals surface area contributed by atoms with E-state index in [1.165, 1.54) is 18.5 Å². The largest absolute Gasteiger partial charge is 0.383 e. The lowest BCUT2D eigenvalue weighted by molar-refractivity contribution is 0.192. The molecule has 0 saturated carbocycles. The molecular weight excluding hydrogens is 317 g/mol. The Hall–Kier alpha value is 0.150. The van der Waals surface area contributed by atoms with Gasteiger partial charge in [0.1, 0.15) is 4.21 Å². The number of alkyl halides is 1. The molecule has 0 bridgehead atoms. The van der Waals surface area contributed by atoms with Crippen LogP contribution in [0.2, 0.25) is 4.34 Å². The standard InChI is InChI=1S/C10H15Cl2NO3S2/c1-7-4-9(17-10(7)12)18(14,15)13(2)5-8(11)6-16-3/h4,8H,5-6H2,1-3H3. The lowest BCUT2D eigenvalue weighted by Crippen LogP contribution is -2.33. The average molecular weight is 332 g/mol. The molecule has 0 spiro atoms. The summed E-state index contributed by atoms with van der Waals surface area (Å²) in [6.45, 7) is 2.26. The normalized spacial score (nSPS) is 14.1. The number of aryl methyl sites for hydroxylation is 1. The minimum absolute atomic E-state index is 0.187. The van der Waals surface area contributed by atoms with Crippen LogP contribution >= 0.6 is 34.5 Å². The number of hydrogen-bond donors (Lipinski definition) is 0. The Morgan fingerprint density at radius 3 is 2.61 bits per heavy atom. The molecule has 0 aromatic carbocycles. The first-order valence-corrected chi connectivity index (χ1v) is 8.21. The summed E-state index contributed by atoms with van der Waals surface area (Å²) in [6, 6.07) is 1.57. The molecule has 18 heavy (non-hydrogen) atoms. The third kappa shape index (κ3) is 3.82. The fourth-order valence-electron chi connectivity index (χ4n) is 1.32. The lowest BCUT2D eigenvalue weighted by atomic mass is 10.4. The molecule has 0 aliphatic carbocycles. The molecular formula is C10H15Cl2NO3S2. The highest BCUT2D eigenvalue weighted by Crippen LogP contribution is 2.31. The molecule has 0 aliphatic heterocycles. The third-order valence-electron chi connectivity index (χ3n) is 2.30. The van der Waals surface area contributed by atoms with Gasteiger partial charge in [0.05, 0.1) is 16.3 Å². The monoisotopic (exact) mass is 331 g/mol. The number of hydrogen-bond acceptors (Lipinski definition) is 4. The fourth-order valence-corrected chi connectivity index (χ4v) is 4.87. The number of ether oxygens (including phenoxy) is 1. The van der Waals surface area contributed by atoms with Gasteiger partial charge in [-0.3, -0.25) is 0 Å². The van der Waals surface area contributed by atoms with Crippen LogP contribution in [-0.2, 0) is 14.8 Å². The second-order valence-electron chi connectivity index (χ2n) is 3.86. The van der Waals surface area contributed by atoms with Crippen molar-refractivity contribution in [1.82, 2.24) is 4.31 Å². The average Bonchev–Trinajstić information content (AvgIpc) is 2.60. The molecule has 0 amide bonds. The van der Waals surface area contributed by atoms with Crippen molar-refractivity contribution >= 4 is 44.6 Å². The highest BCUT2D eigenvalue weighted by molar-refractivity contribution is 7.91. The molecule has 0 fully saturated rings. The molecule has 1 rings (SSSR count). The molecule has 8 heteroatoms. The van der Waals surface area contributed by atoms with E-state index < -0.39 is 10.0 Å². The van der Waals surface area contributed by atoms with Crippen LogP contribution in [0.5, 0.6) is 0 Å². The van der Waals surface area contributed by atoms with Crippen molar-refractivity contribution < 1.29 is 13.2 Å². The van der Waals surface area contributed by atoms with E-state index in [1.54, 1.807) is 13.0 Å². The number of rotatable bonds is 6. The van der Waals surface area contributed by atoms with Crippen LogP contribution in [0.15, 0.2) is 10.3 Å². The van der Waals surface area contributed by atoms with E-state index in [2.05, 4.69) is 0 Å². The maximum Gasteiger partial charge on any atom is 0.252 e. The van der Waals surface area contributed by atoms with Crippen molar-refractivity contribution in [3.05, 3.63) is 16.0 Å². The van der Waals surface area contributed by atoms with E-state index in [-0.39, 0.29) is 16.1 Å². The Balaban J connectivity index is 2.86. The van der Waals surface area contributed by atoms with Gasteiger partial charge in [-0.1, -0.05) is 11.6 Å². The molecule has 1 aromatic heterocycles. The molecule has 1 aromatic rings. The third-order valence-corrected chi connectivity index (χ3v) is 6.39. The van der Waals surface area contributed by atoms with Crippen LogP contribution in [0, 0.1) is 6.92 Å². The summed E-state index contributed by atoms with van der Waals surface area (Å²) >= 11 is 12.9. The number of thiophene rings is 1. The van der Waals surface area contributed by atoms with Crippen molar-refractivity contribution in [3.63, 3.8) is 0 Å². The molecule has 0 N–H and O–H groups in total. The molecule has 0 saturated heterocycles. The molecule has 1 unspecified atom stereocenters. The van der Waals surface area contributed by atoms with E-state index in [0.29, 0.717) is 10.9 Å². The Labute approximate surface area is 122 Å². The van der Waals surface area contributed by atoms with Gasteiger partial charge in [-0.15, -0.1) is 22.9 Å². The van der Waals surface area contributed by atoms with Gasteiger partial charge in [-0.25, -0.2) is 8.42 Å². The summed E-state index contributed by atoms with van der Waals surface area (Å²) in [6.07, 6.45) is 0. The quantitative estimate of drug-likeness (QED) is 0.752. The Morgan fingerprint density at radius 1 is 1.56 bits per heavy atom. The minimum Gasteiger partial charge on any atom is -0.383 e. The second-order valence-corrected chi connectivity index (χ2v) is 8.40. The molecule has 4 nitrogen and oxygen atoms in total. The van der Waals surface area contributed by atoms with Gasteiger partial charge < -0.3 is 4.74 Å². The molecule has 1 atom stereocenters. The van der Waals surface area contributed by atoms with Crippen molar-refractivity contribution in [1.29, 1.82) is 0 Å². The molecule has 104 valence electrons. The van der Waals surface area contributed by atoms with Gasteiger partial charge in [0.2, 0.25) is 0 Å². The highest BCUT2D eigenvalue weighted by Gasteiger charge is 2.25. The summed E-state index contributed by atoms with van der Waals surface area (Å²) in [5, 5.41) is -0.383. The van der Waals surface area contributed by atoms with Crippen molar-refractivity contribution in [2.24, 2.45) is 0 Å². The van der Waals surface area contributed by atoms with Gasteiger partial charge in [0.25, 0.3) is 10.0 Å². The zero-order chi connectivity index (χ0) is 13.9. The smallest absolute Gasteiger partial charge is 0.252 e. The maximum atomic E-state index is 12.2. The fraction of sp³-hybridized carbons (Fsp3) is 0.600. The van der Waals surface area contributed by atoms with E-state index in [0.717, 1.165) is 16.9 Å². The SMILES string of the molecule is COCC(Cl)CN(C)S(=O)(=O)c1cc(C)c(Cl)s1. The lowest BCUT2D eigenvalue weighted by Gasteiger charge is -2.18. The van der Waals surface area contributed by atoms with Crippen molar-refractivity contribution in [3.8, 4) is 0 Å². The number of methoxy groups -OCH3 is 1. The zero-order valence-corrected chi connectivity index (χ0v) is 13.5. The van der Waals surface area contributed by atoms with Crippen LogP contribution < -0.4 is 0 Å². The van der Waals surface area contributed by atoms with Gasteiger partial charge in [-0.2, -0.15) is 4.31 Å². The van der Waals surface area contributed by atoms with E-state index in [4.69, 9.17) is 27.9 Å². The number of nitrogens with zero attached hydrogens (tertiary/aromatic N) is 1. The van der Waals surface area contributed by atoms with E-state index >= 15 is 0 Å². The molecule has 0 radical (unpaired) electrons. The predicted molar refractivity (Wildman–Crippen MR) is 75.4 cm³/mol. The van der Waals surface area contributed by atoms with Crippen molar-refractivity contribution in [2.75, 3.05) is 27.3 Å². The van der Waals surface area contributed by atoms with Crippen LogP contribution in [0.25, 0.3) is 0 Å². The summed E-state index contributed by atoms with van der Waals surface area (Å²) in [5.74, 6) is 0. The zero-order valence-electron chi connectivity index (χ0n) is 10.3. The van der Waals surface area contributed by atoms with Crippen LogP contribution in [0.1, 0.15) is 5.56 Å².